The van der Waals surface area contributed by atoms with Crippen LogP contribution in [0.4, 0.5) is 0 Å². The number of nitrogens with zero attached hydrogens (tertiary/aromatic N) is 4. The van der Waals surface area contributed by atoms with Gasteiger partial charge in [-0.3, -0.25) is 4.68 Å². The number of ether oxygens (including phenoxy) is 1. The van der Waals surface area contributed by atoms with E-state index < -0.39 is 0 Å². The van der Waals surface area contributed by atoms with Crippen molar-refractivity contribution in [1.29, 1.82) is 0 Å². The predicted molar refractivity (Wildman–Crippen MR) is 89.2 cm³/mol. The summed E-state index contributed by atoms with van der Waals surface area (Å²) in [5.41, 5.74) is 1.17. The molecule has 0 unspecified atom stereocenters. The lowest BCUT2D eigenvalue weighted by molar-refractivity contribution is 0.0485. The molecule has 0 spiro atoms. The van der Waals surface area contributed by atoms with Crippen LogP contribution in [0.25, 0.3) is 0 Å². The summed E-state index contributed by atoms with van der Waals surface area (Å²) in [7, 11) is 0. The molecule has 0 radical (unpaired) electrons. The molecule has 7 nitrogen and oxygen atoms in total. The fraction of sp³-hybridized carbons (Fsp3) is 0.706. The molecule has 1 aliphatic rings. The number of aromatic nitrogens is 4. The lowest BCUT2D eigenvalue weighted by Gasteiger charge is -2.28. The Hall–Kier alpha value is -1.73. The lowest BCUT2D eigenvalue weighted by Crippen LogP contribution is -2.32. The number of nitrogens with one attached hydrogen (secondary N) is 1. The van der Waals surface area contributed by atoms with Gasteiger partial charge in [0.2, 0.25) is 5.89 Å². The van der Waals surface area contributed by atoms with E-state index in [1.54, 1.807) is 0 Å². The van der Waals surface area contributed by atoms with Gasteiger partial charge >= 0.3 is 0 Å². The third-order valence-corrected chi connectivity index (χ3v) is 4.31. The number of hydrogen-bond acceptors (Lipinski definition) is 6. The smallest absolute Gasteiger partial charge is 0.244 e. The Labute approximate surface area is 142 Å². The van der Waals surface area contributed by atoms with Crippen LogP contribution in [0.5, 0.6) is 0 Å². The second kappa shape index (κ2) is 7.90. The minimum absolute atomic E-state index is 0.0588. The molecule has 3 heterocycles. The van der Waals surface area contributed by atoms with E-state index in [9.17, 15) is 0 Å². The van der Waals surface area contributed by atoms with E-state index in [2.05, 4.69) is 40.6 Å². The van der Waals surface area contributed by atoms with E-state index in [0.29, 0.717) is 23.6 Å². The number of aryl methyl sites for hydroxylation is 1. The second-order valence-corrected chi connectivity index (χ2v) is 6.95. The van der Waals surface area contributed by atoms with E-state index in [0.717, 1.165) is 39.1 Å². The zero-order valence-electron chi connectivity index (χ0n) is 14.7. The van der Waals surface area contributed by atoms with Gasteiger partial charge < -0.3 is 14.6 Å². The van der Waals surface area contributed by atoms with Gasteiger partial charge in [0, 0.05) is 38.1 Å². The van der Waals surface area contributed by atoms with E-state index >= 15 is 0 Å². The molecule has 0 bridgehead atoms. The van der Waals surface area contributed by atoms with Crippen molar-refractivity contribution in [2.45, 2.75) is 52.7 Å². The quantitative estimate of drug-likeness (QED) is 0.839. The van der Waals surface area contributed by atoms with Gasteiger partial charge in [0.1, 0.15) is 0 Å². The summed E-state index contributed by atoms with van der Waals surface area (Å²) in [6.07, 6.45) is 6.04. The first-order valence-corrected chi connectivity index (χ1v) is 8.74. The Kier molecular flexibility index (Phi) is 5.63. The average molecular weight is 333 g/mol. The van der Waals surface area contributed by atoms with Crippen LogP contribution in [0.15, 0.2) is 16.9 Å². The van der Waals surface area contributed by atoms with Crippen molar-refractivity contribution < 1.29 is 9.26 Å². The minimum atomic E-state index is 0.0588. The van der Waals surface area contributed by atoms with Gasteiger partial charge in [-0.2, -0.15) is 10.1 Å². The standard InChI is InChI=1S/C17H27N5O2/c1-12(2)10-22-11-14(9-19-22)8-18-16(15-4-6-23-7-5-15)17-20-13(3)21-24-17/h9,11-12,15-16,18H,4-8,10H2,1-3H3/t16-/m0/s1. The van der Waals surface area contributed by atoms with Crippen LogP contribution in [-0.2, 0) is 17.8 Å². The van der Waals surface area contributed by atoms with Crippen LogP contribution in [0.2, 0.25) is 0 Å². The van der Waals surface area contributed by atoms with Gasteiger partial charge in [-0.15, -0.1) is 0 Å². The monoisotopic (exact) mass is 333 g/mol. The minimum Gasteiger partial charge on any atom is -0.381 e. The zero-order chi connectivity index (χ0) is 16.9. The summed E-state index contributed by atoms with van der Waals surface area (Å²) in [6.45, 7) is 9.50. The molecular formula is C17H27N5O2. The van der Waals surface area contributed by atoms with Gasteiger partial charge in [-0.05, 0) is 31.6 Å². The molecular weight excluding hydrogens is 306 g/mol. The van der Waals surface area contributed by atoms with Crippen LogP contribution in [0, 0.1) is 18.8 Å². The summed E-state index contributed by atoms with van der Waals surface area (Å²) >= 11 is 0. The van der Waals surface area contributed by atoms with Crippen molar-refractivity contribution in [2.75, 3.05) is 13.2 Å². The van der Waals surface area contributed by atoms with Crippen molar-refractivity contribution in [2.24, 2.45) is 11.8 Å². The molecule has 2 aromatic heterocycles. The Morgan fingerprint density at radius 2 is 2.12 bits per heavy atom. The first kappa shape index (κ1) is 17.1. The van der Waals surface area contributed by atoms with Crippen molar-refractivity contribution >= 4 is 0 Å². The Balaban J connectivity index is 1.66. The fourth-order valence-electron chi connectivity index (χ4n) is 3.14. The van der Waals surface area contributed by atoms with E-state index in [1.165, 1.54) is 5.56 Å². The van der Waals surface area contributed by atoms with Crippen LogP contribution in [-0.4, -0.2) is 33.1 Å². The average Bonchev–Trinajstić information content (AvgIpc) is 3.17. The summed E-state index contributed by atoms with van der Waals surface area (Å²) in [6, 6.07) is 0.0588. The van der Waals surface area contributed by atoms with Gasteiger partial charge in [0.05, 0.1) is 12.2 Å². The first-order chi connectivity index (χ1) is 11.6. The predicted octanol–water partition coefficient (Wildman–Crippen LogP) is 2.49. The molecule has 0 aliphatic carbocycles. The molecule has 1 fully saturated rings. The highest BCUT2D eigenvalue weighted by Crippen LogP contribution is 2.29. The molecule has 7 heteroatoms. The van der Waals surface area contributed by atoms with Crippen LogP contribution >= 0.6 is 0 Å². The maximum absolute atomic E-state index is 5.49. The Morgan fingerprint density at radius 3 is 2.79 bits per heavy atom. The molecule has 1 saturated heterocycles. The van der Waals surface area contributed by atoms with Gasteiger partial charge in [0.15, 0.2) is 5.82 Å². The maximum atomic E-state index is 5.49. The molecule has 0 saturated carbocycles. The Morgan fingerprint density at radius 1 is 1.33 bits per heavy atom. The number of hydrogen-bond donors (Lipinski definition) is 1. The van der Waals surface area contributed by atoms with Crippen molar-refractivity contribution in [3.63, 3.8) is 0 Å². The Bertz CT molecular complexity index is 630. The summed E-state index contributed by atoms with van der Waals surface area (Å²) in [4.78, 5) is 4.44. The van der Waals surface area contributed by atoms with Gasteiger partial charge in [0.25, 0.3) is 0 Å². The molecule has 2 aromatic rings. The fourth-order valence-corrected chi connectivity index (χ4v) is 3.14. The van der Waals surface area contributed by atoms with E-state index in [-0.39, 0.29) is 6.04 Å². The third kappa shape index (κ3) is 4.42. The summed E-state index contributed by atoms with van der Waals surface area (Å²) in [5, 5.41) is 12.0. The van der Waals surface area contributed by atoms with E-state index in [4.69, 9.17) is 9.26 Å². The third-order valence-electron chi connectivity index (χ3n) is 4.31. The molecule has 132 valence electrons. The van der Waals surface area contributed by atoms with Crippen molar-refractivity contribution in [1.82, 2.24) is 25.2 Å². The first-order valence-electron chi connectivity index (χ1n) is 8.74. The highest BCUT2D eigenvalue weighted by atomic mass is 16.5. The number of rotatable bonds is 7. The molecule has 1 atom stereocenters. The van der Waals surface area contributed by atoms with Gasteiger partial charge in [-0.25, -0.2) is 0 Å². The normalized spacial score (nSPS) is 17.5. The van der Waals surface area contributed by atoms with Crippen LogP contribution < -0.4 is 5.32 Å². The maximum Gasteiger partial charge on any atom is 0.244 e. The van der Waals surface area contributed by atoms with Crippen molar-refractivity contribution in [3.8, 4) is 0 Å². The van der Waals surface area contributed by atoms with Crippen molar-refractivity contribution in [3.05, 3.63) is 29.7 Å². The molecule has 0 amide bonds. The topological polar surface area (TPSA) is 78.0 Å². The largest absolute Gasteiger partial charge is 0.381 e. The van der Waals surface area contributed by atoms with Crippen LogP contribution in [0.1, 0.15) is 50.0 Å². The van der Waals surface area contributed by atoms with Crippen LogP contribution in [0.3, 0.4) is 0 Å². The second-order valence-electron chi connectivity index (χ2n) is 6.95. The lowest BCUT2D eigenvalue weighted by atomic mass is 9.91. The summed E-state index contributed by atoms with van der Waals surface area (Å²) in [5.74, 6) is 2.38. The molecule has 1 N–H and O–H groups in total. The molecule has 0 aromatic carbocycles. The highest BCUT2D eigenvalue weighted by molar-refractivity contribution is 5.05. The SMILES string of the molecule is Cc1noc([C@@H](NCc2cnn(CC(C)C)c2)C2CCOCC2)n1. The molecule has 3 rings (SSSR count). The van der Waals surface area contributed by atoms with E-state index in [1.807, 2.05) is 17.8 Å². The highest BCUT2D eigenvalue weighted by Gasteiger charge is 2.29. The molecule has 24 heavy (non-hydrogen) atoms. The molecule has 1 aliphatic heterocycles. The van der Waals surface area contributed by atoms with Gasteiger partial charge in [-0.1, -0.05) is 19.0 Å². The zero-order valence-corrected chi connectivity index (χ0v) is 14.7. The summed E-state index contributed by atoms with van der Waals surface area (Å²) < 4.78 is 12.9.